The molecular formula is C8H12N2O2S. The predicted molar refractivity (Wildman–Crippen MR) is 50.9 cm³/mol. The number of carbonyl (C=O) groups is 1. The SMILES string of the molecule is Cc1cc(C(CCN)C(=O)O)sn1. The quantitative estimate of drug-likeness (QED) is 0.759. The molecule has 1 rings (SSSR count). The lowest BCUT2D eigenvalue weighted by Crippen LogP contribution is -2.14. The summed E-state index contributed by atoms with van der Waals surface area (Å²) in [4.78, 5) is 11.6. The number of carboxylic acid groups (broad SMARTS) is 1. The Balaban J connectivity index is 2.81. The number of aliphatic carboxylic acids is 1. The fraction of sp³-hybridized carbons (Fsp3) is 0.500. The summed E-state index contributed by atoms with van der Waals surface area (Å²) in [5.41, 5.74) is 6.20. The van der Waals surface area contributed by atoms with Crippen molar-refractivity contribution in [3.05, 3.63) is 16.6 Å². The monoisotopic (exact) mass is 200 g/mol. The Morgan fingerprint density at radius 3 is 2.92 bits per heavy atom. The van der Waals surface area contributed by atoms with Gasteiger partial charge in [0.05, 0.1) is 11.6 Å². The maximum absolute atomic E-state index is 10.8. The molecule has 0 saturated carbocycles. The molecule has 3 N–H and O–H groups in total. The molecule has 0 aromatic carbocycles. The van der Waals surface area contributed by atoms with Gasteiger partial charge in [-0.15, -0.1) is 0 Å². The smallest absolute Gasteiger partial charge is 0.311 e. The second-order valence-electron chi connectivity index (χ2n) is 2.84. The average Bonchev–Trinajstić information content (AvgIpc) is 2.46. The summed E-state index contributed by atoms with van der Waals surface area (Å²) in [5.74, 6) is -1.31. The summed E-state index contributed by atoms with van der Waals surface area (Å²) in [5, 5.41) is 8.89. The molecule has 0 amide bonds. The van der Waals surface area contributed by atoms with Crippen LogP contribution in [0.2, 0.25) is 0 Å². The van der Waals surface area contributed by atoms with E-state index in [1.54, 1.807) is 6.07 Å². The van der Waals surface area contributed by atoms with Crippen LogP contribution in [0.15, 0.2) is 6.07 Å². The van der Waals surface area contributed by atoms with E-state index in [1.165, 1.54) is 11.5 Å². The minimum absolute atomic E-state index is 0.383. The molecule has 1 aromatic heterocycles. The molecule has 0 radical (unpaired) electrons. The van der Waals surface area contributed by atoms with Crippen molar-refractivity contribution in [3.8, 4) is 0 Å². The summed E-state index contributed by atoms with van der Waals surface area (Å²) in [7, 11) is 0. The van der Waals surface area contributed by atoms with Crippen LogP contribution in [-0.2, 0) is 4.79 Å². The first-order valence-electron chi connectivity index (χ1n) is 4.01. The van der Waals surface area contributed by atoms with Gasteiger partial charge in [0.25, 0.3) is 0 Å². The number of hydrogen-bond acceptors (Lipinski definition) is 4. The standard InChI is InChI=1S/C8H12N2O2S/c1-5-4-7(13-10-5)6(2-3-9)8(11)12/h4,6H,2-3,9H2,1H3,(H,11,12). The first-order valence-corrected chi connectivity index (χ1v) is 4.78. The van der Waals surface area contributed by atoms with Crippen LogP contribution in [0.1, 0.15) is 22.9 Å². The van der Waals surface area contributed by atoms with Crippen molar-refractivity contribution in [1.29, 1.82) is 0 Å². The van der Waals surface area contributed by atoms with Crippen LogP contribution in [0.5, 0.6) is 0 Å². The summed E-state index contributed by atoms with van der Waals surface area (Å²) >= 11 is 1.24. The highest BCUT2D eigenvalue weighted by Gasteiger charge is 2.20. The van der Waals surface area contributed by atoms with Gasteiger partial charge in [0.1, 0.15) is 0 Å². The summed E-state index contributed by atoms with van der Waals surface area (Å²) < 4.78 is 4.04. The first kappa shape index (κ1) is 10.1. The molecule has 0 aliphatic heterocycles. The summed E-state index contributed by atoms with van der Waals surface area (Å²) in [6.07, 6.45) is 0.469. The highest BCUT2D eigenvalue weighted by Crippen LogP contribution is 2.23. The minimum atomic E-state index is -0.825. The lowest BCUT2D eigenvalue weighted by molar-refractivity contribution is -0.138. The van der Waals surface area contributed by atoms with Crippen molar-refractivity contribution in [2.75, 3.05) is 6.54 Å². The van der Waals surface area contributed by atoms with Crippen LogP contribution in [-0.4, -0.2) is 22.0 Å². The van der Waals surface area contributed by atoms with E-state index < -0.39 is 11.9 Å². The van der Waals surface area contributed by atoms with Crippen molar-refractivity contribution in [2.24, 2.45) is 5.73 Å². The van der Waals surface area contributed by atoms with Gasteiger partial charge < -0.3 is 10.8 Å². The van der Waals surface area contributed by atoms with E-state index in [2.05, 4.69) is 4.37 Å². The molecule has 1 heterocycles. The molecule has 0 fully saturated rings. The number of aromatic nitrogens is 1. The maximum atomic E-state index is 10.8. The normalized spacial score (nSPS) is 12.8. The molecule has 0 bridgehead atoms. The molecule has 72 valence electrons. The predicted octanol–water partition coefficient (Wildman–Crippen LogP) is 0.969. The third-order valence-corrected chi connectivity index (χ3v) is 2.74. The Morgan fingerprint density at radius 1 is 1.85 bits per heavy atom. The van der Waals surface area contributed by atoms with E-state index in [0.29, 0.717) is 13.0 Å². The molecule has 0 aliphatic rings. The van der Waals surface area contributed by atoms with Gasteiger partial charge in [-0.1, -0.05) is 0 Å². The van der Waals surface area contributed by atoms with Crippen molar-refractivity contribution in [2.45, 2.75) is 19.3 Å². The van der Waals surface area contributed by atoms with E-state index in [0.717, 1.165) is 10.6 Å². The number of rotatable bonds is 4. The van der Waals surface area contributed by atoms with Crippen LogP contribution >= 0.6 is 11.5 Å². The molecule has 0 aliphatic carbocycles. The van der Waals surface area contributed by atoms with Crippen LogP contribution in [0.3, 0.4) is 0 Å². The molecule has 0 saturated heterocycles. The van der Waals surface area contributed by atoms with Gasteiger partial charge in [-0.25, -0.2) is 0 Å². The molecular weight excluding hydrogens is 188 g/mol. The number of aryl methyl sites for hydroxylation is 1. The fourth-order valence-corrected chi connectivity index (χ4v) is 1.97. The zero-order valence-electron chi connectivity index (χ0n) is 7.36. The topological polar surface area (TPSA) is 76.2 Å². The Kier molecular flexibility index (Phi) is 3.39. The highest BCUT2D eigenvalue weighted by molar-refractivity contribution is 7.06. The van der Waals surface area contributed by atoms with Crippen LogP contribution < -0.4 is 5.73 Å². The van der Waals surface area contributed by atoms with Crippen molar-refractivity contribution in [3.63, 3.8) is 0 Å². The Hall–Kier alpha value is -0.940. The lowest BCUT2D eigenvalue weighted by Gasteiger charge is -2.06. The van der Waals surface area contributed by atoms with E-state index in [-0.39, 0.29) is 0 Å². The van der Waals surface area contributed by atoms with E-state index in [1.807, 2.05) is 6.92 Å². The largest absolute Gasteiger partial charge is 0.481 e. The zero-order chi connectivity index (χ0) is 9.84. The molecule has 1 unspecified atom stereocenters. The first-order chi connectivity index (χ1) is 6.15. The molecule has 13 heavy (non-hydrogen) atoms. The second-order valence-corrected chi connectivity index (χ2v) is 3.68. The Morgan fingerprint density at radius 2 is 2.54 bits per heavy atom. The maximum Gasteiger partial charge on any atom is 0.311 e. The zero-order valence-corrected chi connectivity index (χ0v) is 8.17. The average molecular weight is 200 g/mol. The van der Waals surface area contributed by atoms with Crippen molar-refractivity contribution in [1.82, 2.24) is 4.37 Å². The number of nitrogens with zero attached hydrogens (tertiary/aromatic N) is 1. The second kappa shape index (κ2) is 4.34. The van der Waals surface area contributed by atoms with Crippen LogP contribution in [0, 0.1) is 6.92 Å². The van der Waals surface area contributed by atoms with Crippen LogP contribution in [0.4, 0.5) is 0 Å². The summed E-state index contributed by atoms with van der Waals surface area (Å²) in [6.45, 7) is 2.23. The molecule has 1 aromatic rings. The third-order valence-electron chi connectivity index (χ3n) is 1.74. The highest BCUT2D eigenvalue weighted by atomic mass is 32.1. The number of hydrogen-bond donors (Lipinski definition) is 2. The van der Waals surface area contributed by atoms with Gasteiger partial charge in [-0.05, 0) is 37.5 Å². The Labute approximate surface area is 80.6 Å². The van der Waals surface area contributed by atoms with E-state index >= 15 is 0 Å². The van der Waals surface area contributed by atoms with Gasteiger partial charge >= 0.3 is 5.97 Å². The molecule has 0 spiro atoms. The molecule has 1 atom stereocenters. The van der Waals surface area contributed by atoms with Crippen molar-refractivity contribution < 1.29 is 9.90 Å². The minimum Gasteiger partial charge on any atom is -0.481 e. The fourth-order valence-electron chi connectivity index (χ4n) is 1.10. The Bertz CT molecular complexity index is 298. The third kappa shape index (κ3) is 2.50. The van der Waals surface area contributed by atoms with Gasteiger partial charge in [-0.3, -0.25) is 4.79 Å². The number of nitrogens with two attached hydrogens (primary N) is 1. The van der Waals surface area contributed by atoms with Gasteiger partial charge in [0.2, 0.25) is 0 Å². The van der Waals surface area contributed by atoms with Crippen molar-refractivity contribution >= 4 is 17.5 Å². The molecule has 4 nitrogen and oxygen atoms in total. The van der Waals surface area contributed by atoms with Gasteiger partial charge in [-0.2, -0.15) is 4.37 Å². The van der Waals surface area contributed by atoms with Gasteiger partial charge in [0, 0.05) is 4.88 Å². The molecule has 5 heteroatoms. The lowest BCUT2D eigenvalue weighted by atomic mass is 10.0. The van der Waals surface area contributed by atoms with E-state index in [4.69, 9.17) is 10.8 Å². The van der Waals surface area contributed by atoms with Crippen LogP contribution in [0.25, 0.3) is 0 Å². The number of carboxylic acids is 1. The van der Waals surface area contributed by atoms with E-state index in [9.17, 15) is 4.79 Å². The summed E-state index contributed by atoms with van der Waals surface area (Å²) in [6, 6.07) is 1.80. The van der Waals surface area contributed by atoms with Gasteiger partial charge in [0.15, 0.2) is 0 Å².